The van der Waals surface area contributed by atoms with Gasteiger partial charge in [0.25, 0.3) is 0 Å². The average molecular weight is 355 g/mol. The number of thiophene rings is 1. The van der Waals surface area contributed by atoms with Crippen molar-refractivity contribution in [3.63, 3.8) is 0 Å². The molecule has 0 unspecified atom stereocenters. The lowest BCUT2D eigenvalue weighted by Crippen LogP contribution is -2.44. The standard InChI is InChI=1S/C18H21N5OS/c1-21-8-14(6-20-21)9-22-4-3-18(12-22)13-23-16(15-2-5-25-11-15)7-19-17(23)10-24-18/h2,5-8,11H,3-4,9-10,12-13H2,1H3/t18-/m0/s1. The van der Waals surface area contributed by atoms with Gasteiger partial charge in [0.15, 0.2) is 0 Å². The van der Waals surface area contributed by atoms with Gasteiger partial charge in [-0.25, -0.2) is 4.98 Å². The first-order chi connectivity index (χ1) is 12.2. The third-order valence-electron chi connectivity index (χ3n) is 5.27. The monoisotopic (exact) mass is 355 g/mol. The van der Waals surface area contributed by atoms with Crippen LogP contribution in [0.5, 0.6) is 0 Å². The van der Waals surface area contributed by atoms with Crippen LogP contribution in [0.15, 0.2) is 35.4 Å². The van der Waals surface area contributed by atoms with Crippen LogP contribution in [0, 0.1) is 0 Å². The van der Waals surface area contributed by atoms with Gasteiger partial charge in [0, 0.05) is 49.4 Å². The normalized spacial score (nSPS) is 23.4. The summed E-state index contributed by atoms with van der Waals surface area (Å²) in [7, 11) is 1.96. The number of ether oxygens (including phenoxy) is 1. The van der Waals surface area contributed by atoms with Crippen molar-refractivity contribution in [2.24, 2.45) is 7.05 Å². The van der Waals surface area contributed by atoms with E-state index in [2.05, 4.69) is 42.6 Å². The van der Waals surface area contributed by atoms with E-state index in [1.807, 2.05) is 24.1 Å². The number of likely N-dealkylation sites (tertiary alicyclic amines) is 1. The molecule has 6 nitrogen and oxygen atoms in total. The zero-order valence-electron chi connectivity index (χ0n) is 14.3. The first kappa shape index (κ1) is 15.3. The van der Waals surface area contributed by atoms with Crippen LogP contribution in [0.2, 0.25) is 0 Å². The summed E-state index contributed by atoms with van der Waals surface area (Å²) in [6, 6.07) is 2.17. The molecule has 0 amide bonds. The number of aryl methyl sites for hydroxylation is 1. The van der Waals surface area contributed by atoms with E-state index in [9.17, 15) is 0 Å². The Morgan fingerprint density at radius 1 is 1.32 bits per heavy atom. The van der Waals surface area contributed by atoms with Gasteiger partial charge in [-0.15, -0.1) is 0 Å². The number of hydrogen-bond acceptors (Lipinski definition) is 5. The maximum absolute atomic E-state index is 6.31. The van der Waals surface area contributed by atoms with E-state index >= 15 is 0 Å². The Morgan fingerprint density at radius 3 is 3.08 bits per heavy atom. The Bertz CT molecular complexity index is 883. The quantitative estimate of drug-likeness (QED) is 0.724. The topological polar surface area (TPSA) is 48.1 Å². The van der Waals surface area contributed by atoms with Crippen molar-refractivity contribution < 1.29 is 4.74 Å². The zero-order chi connectivity index (χ0) is 16.9. The molecule has 3 aromatic heterocycles. The molecular weight excluding hydrogens is 334 g/mol. The molecule has 2 aliphatic rings. The van der Waals surface area contributed by atoms with Crippen molar-refractivity contribution >= 4 is 11.3 Å². The Morgan fingerprint density at radius 2 is 2.28 bits per heavy atom. The van der Waals surface area contributed by atoms with E-state index in [1.165, 1.54) is 16.8 Å². The number of hydrogen-bond donors (Lipinski definition) is 0. The molecule has 130 valence electrons. The van der Waals surface area contributed by atoms with Crippen LogP contribution in [0.25, 0.3) is 11.3 Å². The Balaban J connectivity index is 1.36. The van der Waals surface area contributed by atoms with Crippen molar-refractivity contribution in [2.75, 3.05) is 13.1 Å². The fourth-order valence-corrected chi connectivity index (χ4v) is 4.67. The molecule has 5 heterocycles. The molecule has 1 atom stereocenters. The maximum atomic E-state index is 6.31. The summed E-state index contributed by atoms with van der Waals surface area (Å²) in [5.41, 5.74) is 3.63. The Kier molecular flexibility index (Phi) is 3.55. The van der Waals surface area contributed by atoms with Gasteiger partial charge < -0.3 is 9.30 Å². The molecule has 3 aromatic rings. The molecule has 2 aliphatic heterocycles. The van der Waals surface area contributed by atoms with E-state index < -0.39 is 0 Å². The van der Waals surface area contributed by atoms with Crippen molar-refractivity contribution in [3.8, 4) is 11.3 Å². The number of rotatable bonds is 3. The predicted molar refractivity (Wildman–Crippen MR) is 96.2 cm³/mol. The number of imidazole rings is 1. The molecular formula is C18H21N5OS. The molecule has 0 aliphatic carbocycles. The molecule has 0 bridgehead atoms. The van der Waals surface area contributed by atoms with Crippen molar-refractivity contribution in [1.29, 1.82) is 0 Å². The highest BCUT2D eigenvalue weighted by atomic mass is 32.1. The SMILES string of the molecule is Cn1cc(CN2CC[C@]3(C2)Cn2c(-c4ccsc4)cnc2CO3)cn1. The van der Waals surface area contributed by atoms with Crippen LogP contribution in [0.1, 0.15) is 17.8 Å². The maximum Gasteiger partial charge on any atom is 0.135 e. The van der Waals surface area contributed by atoms with Gasteiger partial charge in [0.05, 0.1) is 24.6 Å². The van der Waals surface area contributed by atoms with E-state index in [4.69, 9.17) is 4.74 Å². The molecule has 1 fully saturated rings. The predicted octanol–water partition coefficient (Wildman–Crippen LogP) is 2.52. The second-order valence-corrected chi connectivity index (χ2v) is 7.89. The second-order valence-electron chi connectivity index (χ2n) is 7.11. The molecule has 0 saturated carbocycles. The van der Waals surface area contributed by atoms with E-state index in [0.29, 0.717) is 6.61 Å². The molecule has 7 heteroatoms. The minimum absolute atomic E-state index is 0.0965. The van der Waals surface area contributed by atoms with Crippen LogP contribution < -0.4 is 0 Å². The molecule has 0 radical (unpaired) electrons. The van der Waals surface area contributed by atoms with Gasteiger partial charge in [0.2, 0.25) is 0 Å². The molecule has 25 heavy (non-hydrogen) atoms. The third kappa shape index (κ3) is 2.72. The average Bonchev–Trinajstić information content (AvgIpc) is 3.36. The molecule has 5 rings (SSSR count). The van der Waals surface area contributed by atoms with Crippen LogP contribution in [0.3, 0.4) is 0 Å². The summed E-state index contributed by atoms with van der Waals surface area (Å²) in [6.45, 7) is 4.45. The lowest BCUT2D eigenvalue weighted by Gasteiger charge is -2.35. The summed E-state index contributed by atoms with van der Waals surface area (Å²) < 4.78 is 10.5. The lowest BCUT2D eigenvalue weighted by atomic mass is 10.0. The molecule has 1 saturated heterocycles. The zero-order valence-corrected chi connectivity index (χ0v) is 15.1. The van der Waals surface area contributed by atoms with Gasteiger partial charge in [-0.1, -0.05) is 0 Å². The van der Waals surface area contributed by atoms with Crippen molar-refractivity contribution in [3.05, 3.63) is 46.8 Å². The fraction of sp³-hybridized carbons (Fsp3) is 0.444. The summed E-state index contributed by atoms with van der Waals surface area (Å²) >= 11 is 1.73. The first-order valence-electron chi connectivity index (χ1n) is 8.62. The van der Waals surface area contributed by atoms with E-state index in [-0.39, 0.29) is 5.60 Å². The minimum atomic E-state index is -0.0965. The lowest BCUT2D eigenvalue weighted by molar-refractivity contribution is -0.0821. The van der Waals surface area contributed by atoms with Crippen molar-refractivity contribution in [2.45, 2.75) is 31.7 Å². The largest absolute Gasteiger partial charge is 0.364 e. The van der Waals surface area contributed by atoms with Crippen LogP contribution in [-0.2, 0) is 31.5 Å². The van der Waals surface area contributed by atoms with Gasteiger partial charge >= 0.3 is 0 Å². The Labute approximate surface area is 150 Å². The van der Waals surface area contributed by atoms with E-state index in [0.717, 1.165) is 38.4 Å². The summed E-state index contributed by atoms with van der Waals surface area (Å²) in [6.07, 6.45) is 7.10. The summed E-state index contributed by atoms with van der Waals surface area (Å²) in [4.78, 5) is 7.05. The number of nitrogens with zero attached hydrogens (tertiary/aromatic N) is 5. The Hall–Kier alpha value is -1.96. The number of aromatic nitrogens is 4. The van der Waals surface area contributed by atoms with Gasteiger partial charge in [-0.2, -0.15) is 16.4 Å². The van der Waals surface area contributed by atoms with Gasteiger partial charge in [0.1, 0.15) is 18.0 Å². The van der Waals surface area contributed by atoms with Crippen LogP contribution in [-0.4, -0.2) is 42.9 Å². The van der Waals surface area contributed by atoms with E-state index in [1.54, 1.807) is 11.3 Å². The first-order valence-corrected chi connectivity index (χ1v) is 9.56. The van der Waals surface area contributed by atoms with Crippen LogP contribution >= 0.6 is 11.3 Å². The highest BCUT2D eigenvalue weighted by Gasteiger charge is 2.43. The second kappa shape index (κ2) is 5.79. The summed E-state index contributed by atoms with van der Waals surface area (Å²) in [5, 5.41) is 8.58. The molecule has 0 aromatic carbocycles. The minimum Gasteiger partial charge on any atom is -0.364 e. The highest BCUT2D eigenvalue weighted by molar-refractivity contribution is 7.08. The number of fused-ring (bicyclic) bond motifs is 1. The smallest absolute Gasteiger partial charge is 0.135 e. The van der Waals surface area contributed by atoms with Crippen molar-refractivity contribution in [1.82, 2.24) is 24.2 Å². The summed E-state index contributed by atoms with van der Waals surface area (Å²) in [5.74, 6) is 1.04. The van der Waals surface area contributed by atoms with Crippen LogP contribution in [0.4, 0.5) is 0 Å². The molecule has 1 spiro atoms. The fourth-order valence-electron chi connectivity index (χ4n) is 4.02. The van der Waals surface area contributed by atoms with Gasteiger partial charge in [-0.3, -0.25) is 9.58 Å². The highest BCUT2D eigenvalue weighted by Crippen LogP contribution is 2.35. The third-order valence-corrected chi connectivity index (χ3v) is 5.95. The van der Waals surface area contributed by atoms with Gasteiger partial charge in [-0.05, 0) is 17.9 Å². The molecule has 0 N–H and O–H groups in total.